The van der Waals surface area contributed by atoms with Crippen LogP contribution >= 0.6 is 0 Å². The van der Waals surface area contributed by atoms with E-state index in [0.29, 0.717) is 17.9 Å². The minimum atomic E-state index is 0.0518. The van der Waals surface area contributed by atoms with Crippen LogP contribution in [0.5, 0.6) is 0 Å². The Morgan fingerprint density at radius 2 is 2.17 bits per heavy atom. The molecule has 1 aromatic heterocycles. The van der Waals surface area contributed by atoms with Crippen molar-refractivity contribution >= 4 is 11.7 Å². The molecule has 1 amide bonds. The first kappa shape index (κ1) is 14.5. The average Bonchev–Trinajstić information content (AvgIpc) is 2.40. The van der Waals surface area contributed by atoms with Crippen LogP contribution in [0, 0.1) is 0 Å². The van der Waals surface area contributed by atoms with E-state index in [0.717, 1.165) is 13.0 Å². The molecule has 0 saturated heterocycles. The number of hydrogen-bond acceptors (Lipinski definition) is 3. The molecule has 4 nitrogen and oxygen atoms in total. The molecule has 0 fully saturated rings. The third kappa shape index (κ3) is 3.22. The van der Waals surface area contributed by atoms with Crippen LogP contribution in [0.4, 0.5) is 5.82 Å². The van der Waals surface area contributed by atoms with Gasteiger partial charge in [-0.2, -0.15) is 0 Å². The van der Waals surface area contributed by atoms with E-state index in [-0.39, 0.29) is 11.9 Å². The summed E-state index contributed by atoms with van der Waals surface area (Å²) in [5, 5.41) is 3.13. The van der Waals surface area contributed by atoms with E-state index in [1.807, 2.05) is 24.8 Å². The molecule has 1 unspecified atom stereocenters. The van der Waals surface area contributed by atoms with Gasteiger partial charge in [0.25, 0.3) is 5.91 Å². The molecule has 1 aromatic rings. The molecule has 0 radical (unpaired) electrons. The van der Waals surface area contributed by atoms with Crippen LogP contribution < -0.4 is 5.32 Å². The van der Waals surface area contributed by atoms with Gasteiger partial charge in [0.15, 0.2) is 0 Å². The first-order valence-corrected chi connectivity index (χ1v) is 6.65. The van der Waals surface area contributed by atoms with Crippen LogP contribution in [0.1, 0.15) is 44.5 Å². The second-order valence-corrected chi connectivity index (χ2v) is 4.28. The second kappa shape index (κ2) is 6.99. The molecule has 0 spiro atoms. The maximum absolute atomic E-state index is 12.5. The SMILES string of the molecule is CCNc1ncccc1C(=O)N(CC)C(C)CC. The van der Waals surface area contributed by atoms with Crippen LogP contribution in [0.15, 0.2) is 18.3 Å². The summed E-state index contributed by atoms with van der Waals surface area (Å²) < 4.78 is 0. The summed E-state index contributed by atoms with van der Waals surface area (Å²) in [6.45, 7) is 9.64. The molecule has 0 aliphatic rings. The lowest BCUT2D eigenvalue weighted by Crippen LogP contribution is -2.38. The Balaban J connectivity index is 3.01. The van der Waals surface area contributed by atoms with Gasteiger partial charge >= 0.3 is 0 Å². The third-order valence-corrected chi connectivity index (χ3v) is 3.11. The zero-order valence-electron chi connectivity index (χ0n) is 11.7. The number of pyridine rings is 1. The van der Waals surface area contributed by atoms with Crippen LogP contribution in [-0.2, 0) is 0 Å². The van der Waals surface area contributed by atoms with Crippen molar-refractivity contribution in [3.05, 3.63) is 23.9 Å². The minimum Gasteiger partial charge on any atom is -0.370 e. The van der Waals surface area contributed by atoms with Gasteiger partial charge in [0, 0.05) is 25.3 Å². The predicted molar refractivity (Wildman–Crippen MR) is 74.9 cm³/mol. The highest BCUT2D eigenvalue weighted by molar-refractivity contribution is 5.98. The van der Waals surface area contributed by atoms with E-state index in [2.05, 4.69) is 24.1 Å². The summed E-state index contributed by atoms with van der Waals surface area (Å²) >= 11 is 0. The lowest BCUT2D eigenvalue weighted by molar-refractivity contribution is 0.0700. The van der Waals surface area contributed by atoms with Gasteiger partial charge in [-0.05, 0) is 39.3 Å². The maximum atomic E-state index is 12.5. The number of anilines is 1. The summed E-state index contributed by atoms with van der Waals surface area (Å²) in [4.78, 5) is 18.6. The maximum Gasteiger partial charge on any atom is 0.257 e. The van der Waals surface area contributed by atoms with Crippen molar-refractivity contribution < 1.29 is 4.79 Å². The lowest BCUT2D eigenvalue weighted by Gasteiger charge is -2.27. The molecule has 1 N–H and O–H groups in total. The number of nitrogens with zero attached hydrogens (tertiary/aromatic N) is 2. The molecule has 0 aliphatic heterocycles. The molecule has 0 saturated carbocycles. The zero-order chi connectivity index (χ0) is 13.5. The largest absolute Gasteiger partial charge is 0.370 e. The highest BCUT2D eigenvalue weighted by Gasteiger charge is 2.21. The second-order valence-electron chi connectivity index (χ2n) is 4.28. The Morgan fingerprint density at radius 3 is 2.72 bits per heavy atom. The van der Waals surface area contributed by atoms with Gasteiger partial charge in [0.05, 0.1) is 5.56 Å². The smallest absolute Gasteiger partial charge is 0.257 e. The number of aromatic nitrogens is 1. The van der Waals surface area contributed by atoms with E-state index < -0.39 is 0 Å². The first-order chi connectivity index (χ1) is 8.65. The Hall–Kier alpha value is -1.58. The van der Waals surface area contributed by atoms with E-state index in [1.165, 1.54) is 0 Å². The van der Waals surface area contributed by atoms with Crippen molar-refractivity contribution in [1.82, 2.24) is 9.88 Å². The number of hydrogen-bond donors (Lipinski definition) is 1. The van der Waals surface area contributed by atoms with Crippen molar-refractivity contribution in [3.63, 3.8) is 0 Å². The normalized spacial score (nSPS) is 12.0. The zero-order valence-corrected chi connectivity index (χ0v) is 11.7. The molecule has 0 aromatic carbocycles. The monoisotopic (exact) mass is 249 g/mol. The lowest BCUT2D eigenvalue weighted by atomic mass is 10.1. The summed E-state index contributed by atoms with van der Waals surface area (Å²) in [6, 6.07) is 3.88. The van der Waals surface area contributed by atoms with Crippen LogP contribution in [0.3, 0.4) is 0 Å². The molecule has 1 atom stereocenters. The quantitative estimate of drug-likeness (QED) is 0.843. The summed E-state index contributed by atoms with van der Waals surface area (Å²) in [6.07, 6.45) is 2.66. The molecule has 1 heterocycles. The fourth-order valence-electron chi connectivity index (χ4n) is 1.92. The van der Waals surface area contributed by atoms with Crippen LogP contribution in [0.25, 0.3) is 0 Å². The molecule has 18 heavy (non-hydrogen) atoms. The first-order valence-electron chi connectivity index (χ1n) is 6.65. The van der Waals surface area contributed by atoms with Gasteiger partial charge in [0.1, 0.15) is 5.82 Å². The summed E-state index contributed by atoms with van der Waals surface area (Å²) in [7, 11) is 0. The van der Waals surface area contributed by atoms with Gasteiger partial charge in [-0.15, -0.1) is 0 Å². The van der Waals surface area contributed by atoms with Gasteiger partial charge in [0.2, 0.25) is 0 Å². The van der Waals surface area contributed by atoms with E-state index in [1.54, 1.807) is 12.3 Å². The Labute approximate surface area is 109 Å². The van der Waals surface area contributed by atoms with Crippen molar-refractivity contribution in [3.8, 4) is 0 Å². The van der Waals surface area contributed by atoms with Gasteiger partial charge in [-0.3, -0.25) is 4.79 Å². The van der Waals surface area contributed by atoms with Gasteiger partial charge in [-0.1, -0.05) is 6.92 Å². The molecule has 0 aliphatic carbocycles. The number of amides is 1. The van der Waals surface area contributed by atoms with Crippen molar-refractivity contribution in [2.45, 2.75) is 40.2 Å². The molecule has 1 rings (SSSR count). The number of carbonyl (C=O) groups excluding carboxylic acids is 1. The van der Waals surface area contributed by atoms with Crippen molar-refractivity contribution in [2.75, 3.05) is 18.4 Å². The number of carbonyl (C=O) groups is 1. The third-order valence-electron chi connectivity index (χ3n) is 3.11. The standard InChI is InChI=1S/C14H23N3O/c1-5-11(4)17(7-3)14(18)12-9-8-10-16-13(12)15-6-2/h8-11H,5-7H2,1-4H3,(H,15,16). The fourth-order valence-corrected chi connectivity index (χ4v) is 1.92. The highest BCUT2D eigenvalue weighted by Crippen LogP contribution is 2.16. The van der Waals surface area contributed by atoms with E-state index in [9.17, 15) is 4.79 Å². The molecular formula is C14H23N3O. The molecule has 100 valence electrons. The molecular weight excluding hydrogens is 226 g/mol. The number of nitrogens with one attached hydrogen (secondary N) is 1. The Bertz CT molecular complexity index is 392. The van der Waals surface area contributed by atoms with Gasteiger partial charge < -0.3 is 10.2 Å². The molecule has 0 bridgehead atoms. The van der Waals surface area contributed by atoms with Crippen molar-refractivity contribution in [1.29, 1.82) is 0 Å². The van der Waals surface area contributed by atoms with Gasteiger partial charge in [-0.25, -0.2) is 4.98 Å². The number of rotatable bonds is 6. The highest BCUT2D eigenvalue weighted by atomic mass is 16.2. The van der Waals surface area contributed by atoms with Crippen molar-refractivity contribution in [2.24, 2.45) is 0 Å². The van der Waals surface area contributed by atoms with E-state index in [4.69, 9.17) is 0 Å². The Morgan fingerprint density at radius 1 is 1.44 bits per heavy atom. The summed E-state index contributed by atoms with van der Waals surface area (Å²) in [5.41, 5.74) is 0.654. The van der Waals surface area contributed by atoms with E-state index >= 15 is 0 Å². The van der Waals surface area contributed by atoms with Crippen LogP contribution in [0.2, 0.25) is 0 Å². The van der Waals surface area contributed by atoms with Crippen LogP contribution in [-0.4, -0.2) is 34.9 Å². The fraction of sp³-hybridized carbons (Fsp3) is 0.571. The topological polar surface area (TPSA) is 45.2 Å². The Kier molecular flexibility index (Phi) is 5.62. The molecule has 4 heteroatoms. The predicted octanol–water partition coefficient (Wildman–Crippen LogP) is 2.77. The summed E-state index contributed by atoms with van der Waals surface area (Å²) in [5.74, 6) is 0.725. The average molecular weight is 249 g/mol. The minimum absolute atomic E-state index is 0.0518.